The van der Waals surface area contributed by atoms with E-state index in [0.717, 1.165) is 11.1 Å². The minimum Gasteiger partial charge on any atom is -0.399 e. The molecule has 0 amide bonds. The summed E-state index contributed by atoms with van der Waals surface area (Å²) in [5, 5.41) is 0. The highest BCUT2D eigenvalue weighted by atomic mass is 16.7. The maximum absolute atomic E-state index is 7.15. The van der Waals surface area contributed by atoms with Crippen molar-refractivity contribution >= 4 is 24.0 Å². The van der Waals surface area contributed by atoms with Crippen LogP contribution in [0.5, 0.6) is 0 Å². The zero-order valence-electron chi connectivity index (χ0n) is 12.0. The molecule has 0 spiro atoms. The zero-order chi connectivity index (χ0) is 14.5. The average Bonchev–Trinajstić information content (AvgIpc) is 2.87. The second kappa shape index (κ2) is 4.08. The first-order valence-electron chi connectivity index (χ1n) is 6.54. The van der Waals surface area contributed by atoms with Crippen molar-refractivity contribution in [3.05, 3.63) is 35.9 Å². The van der Waals surface area contributed by atoms with Gasteiger partial charge in [0.1, 0.15) is 0 Å². The smallest absolute Gasteiger partial charge is 0.399 e. The van der Waals surface area contributed by atoms with Crippen LogP contribution in [0.1, 0.15) is 27.7 Å². The third-order valence-corrected chi connectivity index (χ3v) is 4.15. The third-order valence-electron chi connectivity index (χ3n) is 4.15. The Morgan fingerprint density at radius 2 is 1.85 bits per heavy atom. The molecule has 0 aromatic carbocycles. The summed E-state index contributed by atoms with van der Waals surface area (Å²) in [5.74, 6) is 0.485. The van der Waals surface area contributed by atoms with Crippen molar-refractivity contribution in [1.29, 1.82) is 0 Å². The molecule has 6 heteroatoms. The van der Waals surface area contributed by atoms with Crippen LogP contribution >= 0.6 is 0 Å². The summed E-state index contributed by atoms with van der Waals surface area (Å²) < 4.78 is 13.8. The van der Waals surface area contributed by atoms with Crippen LogP contribution < -0.4 is 5.46 Å². The number of rotatable bonds is 1. The Morgan fingerprint density at radius 3 is 2.45 bits per heavy atom. The van der Waals surface area contributed by atoms with E-state index in [-0.39, 0.29) is 11.2 Å². The van der Waals surface area contributed by atoms with E-state index in [1.807, 2.05) is 46.0 Å². The van der Waals surface area contributed by atoms with Crippen LogP contribution in [0.2, 0.25) is 0 Å². The SMILES string of the molecule is [C-]#[N+]c1cnc2ccc(B3OC(C)(C)C(C)(C)O3)cn12. The lowest BCUT2D eigenvalue weighted by molar-refractivity contribution is 0.00578. The lowest BCUT2D eigenvalue weighted by Crippen LogP contribution is -2.41. The van der Waals surface area contributed by atoms with Gasteiger partial charge >= 0.3 is 7.12 Å². The highest BCUT2D eigenvalue weighted by Gasteiger charge is 2.52. The van der Waals surface area contributed by atoms with Crippen molar-refractivity contribution in [2.45, 2.75) is 38.9 Å². The molecule has 102 valence electrons. The first-order valence-corrected chi connectivity index (χ1v) is 6.54. The molecule has 0 bridgehead atoms. The second-order valence-electron chi connectivity index (χ2n) is 6.01. The molecule has 2 aromatic heterocycles. The molecule has 1 aliphatic rings. The minimum absolute atomic E-state index is 0.371. The van der Waals surface area contributed by atoms with Gasteiger partial charge in [0.05, 0.1) is 23.6 Å². The highest BCUT2D eigenvalue weighted by molar-refractivity contribution is 6.62. The molecule has 0 saturated carbocycles. The van der Waals surface area contributed by atoms with E-state index in [4.69, 9.17) is 15.9 Å². The summed E-state index contributed by atoms with van der Waals surface area (Å²) in [6.45, 7) is 15.2. The normalized spacial score (nSPS) is 20.2. The van der Waals surface area contributed by atoms with E-state index in [1.54, 1.807) is 10.6 Å². The molecule has 0 aliphatic carbocycles. The van der Waals surface area contributed by atoms with Gasteiger partial charge in [0.15, 0.2) is 0 Å². The Bertz CT molecular complexity index is 699. The van der Waals surface area contributed by atoms with Gasteiger partial charge in [-0.15, -0.1) is 0 Å². The number of aromatic nitrogens is 2. The topological polar surface area (TPSA) is 40.1 Å². The van der Waals surface area contributed by atoms with Crippen LogP contribution in [-0.2, 0) is 9.31 Å². The van der Waals surface area contributed by atoms with Crippen molar-refractivity contribution < 1.29 is 9.31 Å². The standard InChI is InChI=1S/C14H16BN3O2/c1-13(2)14(3,4)20-15(19-13)10-6-7-11-17-8-12(16-5)18(11)9-10/h6-9H,1-4H3. The van der Waals surface area contributed by atoms with Crippen LogP contribution in [0.25, 0.3) is 10.5 Å². The lowest BCUT2D eigenvalue weighted by Gasteiger charge is -2.32. The zero-order valence-corrected chi connectivity index (χ0v) is 12.0. The van der Waals surface area contributed by atoms with Crippen LogP contribution in [-0.4, -0.2) is 27.7 Å². The van der Waals surface area contributed by atoms with Crippen molar-refractivity contribution in [2.24, 2.45) is 0 Å². The Labute approximate surface area is 118 Å². The molecule has 0 N–H and O–H groups in total. The molecule has 1 aliphatic heterocycles. The van der Waals surface area contributed by atoms with Crippen LogP contribution in [0.4, 0.5) is 5.82 Å². The van der Waals surface area contributed by atoms with Crippen LogP contribution in [0.3, 0.4) is 0 Å². The highest BCUT2D eigenvalue weighted by Crippen LogP contribution is 2.36. The summed E-state index contributed by atoms with van der Waals surface area (Å²) in [5.41, 5.74) is 0.893. The van der Waals surface area contributed by atoms with Crippen molar-refractivity contribution in [2.75, 3.05) is 0 Å². The summed E-state index contributed by atoms with van der Waals surface area (Å²) in [6.07, 6.45) is 3.42. The van der Waals surface area contributed by atoms with Crippen molar-refractivity contribution in [1.82, 2.24) is 9.38 Å². The van der Waals surface area contributed by atoms with E-state index >= 15 is 0 Å². The van der Waals surface area contributed by atoms with Gasteiger partial charge in [-0.05, 0) is 27.7 Å². The van der Waals surface area contributed by atoms with Crippen molar-refractivity contribution in [3.8, 4) is 0 Å². The number of fused-ring (bicyclic) bond motifs is 1. The van der Waals surface area contributed by atoms with Gasteiger partial charge < -0.3 is 14.2 Å². The predicted octanol–water partition coefficient (Wildman–Crippen LogP) is 2.18. The average molecular weight is 269 g/mol. The molecule has 0 atom stereocenters. The molecule has 3 rings (SSSR count). The molecule has 1 saturated heterocycles. The molecule has 20 heavy (non-hydrogen) atoms. The Morgan fingerprint density at radius 1 is 1.20 bits per heavy atom. The van der Waals surface area contributed by atoms with E-state index < -0.39 is 7.12 Å². The summed E-state index contributed by atoms with van der Waals surface area (Å²) >= 11 is 0. The maximum Gasteiger partial charge on any atom is 0.498 e. The quantitative estimate of drug-likeness (QED) is 0.588. The first kappa shape index (κ1) is 13.2. The number of nitrogens with zero attached hydrogens (tertiary/aromatic N) is 3. The molecule has 2 aromatic rings. The Kier molecular flexibility index (Phi) is 2.68. The van der Waals surface area contributed by atoms with E-state index in [2.05, 4.69) is 9.83 Å². The third kappa shape index (κ3) is 1.82. The lowest BCUT2D eigenvalue weighted by atomic mass is 9.80. The molecule has 5 nitrogen and oxygen atoms in total. The number of hydrogen-bond acceptors (Lipinski definition) is 3. The fourth-order valence-corrected chi connectivity index (χ4v) is 2.19. The van der Waals surface area contributed by atoms with Gasteiger partial charge in [-0.25, -0.2) is 9.38 Å². The maximum atomic E-state index is 7.15. The first-order chi connectivity index (χ1) is 9.34. The second-order valence-corrected chi connectivity index (χ2v) is 6.01. The van der Waals surface area contributed by atoms with E-state index in [1.165, 1.54) is 0 Å². The molecule has 0 radical (unpaired) electrons. The number of pyridine rings is 1. The molecular weight excluding hydrogens is 253 g/mol. The largest absolute Gasteiger partial charge is 0.498 e. The molecule has 0 unspecified atom stereocenters. The van der Waals surface area contributed by atoms with E-state index in [9.17, 15) is 0 Å². The summed E-state index contributed by atoms with van der Waals surface area (Å²) in [4.78, 5) is 7.63. The fourth-order valence-electron chi connectivity index (χ4n) is 2.19. The molecule has 3 heterocycles. The summed E-state index contributed by atoms with van der Waals surface area (Å²) in [6, 6.07) is 3.80. The predicted molar refractivity (Wildman–Crippen MR) is 77.2 cm³/mol. The Hall–Kier alpha value is -1.84. The number of hydrogen-bond donors (Lipinski definition) is 0. The molecule has 1 fully saturated rings. The summed E-state index contributed by atoms with van der Waals surface area (Å²) in [7, 11) is -0.426. The van der Waals surface area contributed by atoms with E-state index in [0.29, 0.717) is 5.82 Å². The van der Waals surface area contributed by atoms with Crippen LogP contribution in [0, 0.1) is 6.57 Å². The monoisotopic (exact) mass is 269 g/mol. The van der Waals surface area contributed by atoms with Gasteiger partial charge in [0.25, 0.3) is 5.82 Å². The fraction of sp³-hybridized carbons (Fsp3) is 0.429. The van der Waals surface area contributed by atoms with Crippen LogP contribution in [0.15, 0.2) is 24.5 Å². The molecular formula is C14H16BN3O2. The van der Waals surface area contributed by atoms with Crippen molar-refractivity contribution in [3.63, 3.8) is 0 Å². The number of imidazole rings is 1. The Balaban J connectivity index is 2.02. The van der Waals surface area contributed by atoms with Gasteiger partial charge in [0.2, 0.25) is 5.65 Å². The van der Waals surface area contributed by atoms with Gasteiger partial charge in [-0.2, -0.15) is 0 Å². The van der Waals surface area contributed by atoms with Gasteiger partial charge in [-0.1, -0.05) is 12.6 Å². The minimum atomic E-state index is -0.426. The van der Waals surface area contributed by atoms with Gasteiger partial charge in [0, 0.05) is 11.5 Å². The van der Waals surface area contributed by atoms with Gasteiger partial charge in [-0.3, -0.25) is 0 Å².